The number of nitrogens with one attached hydrogen (secondary N) is 1. The molecule has 0 aliphatic carbocycles. The summed E-state index contributed by atoms with van der Waals surface area (Å²) in [5, 5.41) is 3.68. The van der Waals surface area contributed by atoms with Crippen LogP contribution in [0, 0.1) is 6.92 Å². The number of amides is 1. The Morgan fingerprint density at radius 3 is 2.70 bits per heavy atom. The van der Waals surface area contributed by atoms with Crippen molar-refractivity contribution >= 4 is 23.2 Å². The zero-order valence-electron chi connectivity index (χ0n) is 13.5. The van der Waals surface area contributed by atoms with E-state index in [0.29, 0.717) is 5.02 Å². The average Bonchev–Trinajstić information content (AvgIpc) is 2.57. The Kier molecular flexibility index (Phi) is 4.69. The van der Waals surface area contributed by atoms with Crippen LogP contribution in [0.2, 0.25) is 5.02 Å². The Morgan fingerprint density at radius 2 is 1.91 bits per heavy atom. The third kappa shape index (κ3) is 3.41. The van der Waals surface area contributed by atoms with Crippen molar-refractivity contribution in [3.8, 4) is 0 Å². The lowest BCUT2D eigenvalue weighted by Crippen LogP contribution is -2.44. The number of fused-ring (bicyclic) bond motifs is 1. The van der Waals surface area contributed by atoms with E-state index >= 15 is 0 Å². The van der Waals surface area contributed by atoms with Crippen LogP contribution in [-0.2, 0) is 17.8 Å². The Bertz CT molecular complexity index is 729. The van der Waals surface area contributed by atoms with Crippen molar-refractivity contribution in [2.45, 2.75) is 32.9 Å². The van der Waals surface area contributed by atoms with E-state index in [1.54, 1.807) is 0 Å². The van der Waals surface area contributed by atoms with E-state index in [1.165, 1.54) is 11.1 Å². The highest BCUT2D eigenvalue weighted by Crippen LogP contribution is 2.24. The van der Waals surface area contributed by atoms with Crippen molar-refractivity contribution in [2.75, 3.05) is 11.9 Å². The summed E-state index contributed by atoms with van der Waals surface area (Å²) in [6, 6.07) is 13.8. The molecule has 1 aliphatic heterocycles. The van der Waals surface area contributed by atoms with Gasteiger partial charge in [-0.05, 0) is 49.1 Å². The summed E-state index contributed by atoms with van der Waals surface area (Å²) in [6.45, 7) is 5.60. The molecule has 3 rings (SSSR count). The molecule has 0 fully saturated rings. The van der Waals surface area contributed by atoms with Gasteiger partial charge < -0.3 is 5.32 Å². The maximum atomic E-state index is 12.6. The minimum Gasteiger partial charge on any atom is -0.324 e. The van der Waals surface area contributed by atoms with Crippen LogP contribution in [0.3, 0.4) is 0 Å². The fraction of sp³-hybridized carbons (Fsp3) is 0.316. The highest BCUT2D eigenvalue weighted by molar-refractivity contribution is 6.31. The monoisotopic (exact) mass is 328 g/mol. The topological polar surface area (TPSA) is 32.3 Å². The van der Waals surface area contributed by atoms with Crippen molar-refractivity contribution in [1.29, 1.82) is 0 Å². The first-order chi connectivity index (χ1) is 11.1. The molecule has 0 saturated heterocycles. The standard InChI is InChI=1S/C19H21ClN2O/c1-13-17(20)8-5-9-18(13)21-19(23)14(2)22-11-10-15-6-3-4-7-16(15)12-22/h3-9,14H,10-12H2,1-2H3,(H,21,23)/t14-/m0/s1. The minimum atomic E-state index is -0.179. The van der Waals surface area contributed by atoms with Crippen LogP contribution in [0.25, 0.3) is 0 Å². The molecule has 0 bridgehead atoms. The van der Waals surface area contributed by atoms with E-state index in [0.717, 1.165) is 30.8 Å². The van der Waals surface area contributed by atoms with E-state index < -0.39 is 0 Å². The van der Waals surface area contributed by atoms with Gasteiger partial charge in [-0.1, -0.05) is 41.9 Å². The molecule has 0 radical (unpaired) electrons. The van der Waals surface area contributed by atoms with Gasteiger partial charge in [0.2, 0.25) is 5.91 Å². The highest BCUT2D eigenvalue weighted by Gasteiger charge is 2.25. The number of hydrogen-bond acceptors (Lipinski definition) is 2. The third-order valence-corrected chi connectivity index (χ3v) is 5.02. The van der Waals surface area contributed by atoms with Crippen LogP contribution in [0.5, 0.6) is 0 Å². The predicted octanol–water partition coefficient (Wildman–Crippen LogP) is 4.03. The van der Waals surface area contributed by atoms with E-state index in [1.807, 2.05) is 32.0 Å². The minimum absolute atomic E-state index is 0.00903. The Morgan fingerprint density at radius 1 is 1.17 bits per heavy atom. The molecule has 1 aliphatic rings. The van der Waals surface area contributed by atoms with Crippen molar-refractivity contribution in [3.05, 3.63) is 64.2 Å². The van der Waals surface area contributed by atoms with Crippen molar-refractivity contribution < 1.29 is 4.79 Å². The molecule has 23 heavy (non-hydrogen) atoms. The average molecular weight is 329 g/mol. The Balaban J connectivity index is 1.70. The van der Waals surface area contributed by atoms with Gasteiger partial charge in [0, 0.05) is 23.8 Å². The van der Waals surface area contributed by atoms with Crippen LogP contribution < -0.4 is 5.32 Å². The molecular weight excluding hydrogens is 308 g/mol. The van der Waals surface area contributed by atoms with E-state index in [4.69, 9.17) is 11.6 Å². The Labute approximate surface area is 142 Å². The van der Waals surface area contributed by atoms with Gasteiger partial charge in [0.05, 0.1) is 6.04 Å². The lowest BCUT2D eigenvalue weighted by molar-refractivity contribution is -0.121. The van der Waals surface area contributed by atoms with Crippen LogP contribution in [0.15, 0.2) is 42.5 Å². The summed E-state index contributed by atoms with van der Waals surface area (Å²) in [6.07, 6.45) is 0.990. The second kappa shape index (κ2) is 6.73. The summed E-state index contributed by atoms with van der Waals surface area (Å²) in [5.41, 5.74) is 4.39. The van der Waals surface area contributed by atoms with Gasteiger partial charge >= 0.3 is 0 Å². The summed E-state index contributed by atoms with van der Waals surface area (Å²) >= 11 is 6.12. The first-order valence-electron chi connectivity index (χ1n) is 7.93. The summed E-state index contributed by atoms with van der Waals surface area (Å²) < 4.78 is 0. The highest BCUT2D eigenvalue weighted by atomic mass is 35.5. The first kappa shape index (κ1) is 16.0. The molecule has 1 amide bonds. The van der Waals surface area contributed by atoms with Gasteiger partial charge in [-0.2, -0.15) is 0 Å². The van der Waals surface area contributed by atoms with E-state index in [-0.39, 0.29) is 11.9 Å². The first-order valence-corrected chi connectivity index (χ1v) is 8.31. The fourth-order valence-corrected chi connectivity index (χ4v) is 3.17. The van der Waals surface area contributed by atoms with Crippen LogP contribution >= 0.6 is 11.6 Å². The van der Waals surface area contributed by atoms with E-state index in [9.17, 15) is 4.79 Å². The molecule has 0 spiro atoms. The Hall–Kier alpha value is -1.84. The lowest BCUT2D eigenvalue weighted by Gasteiger charge is -2.33. The molecule has 0 aromatic heterocycles. The predicted molar refractivity (Wildman–Crippen MR) is 94.8 cm³/mol. The van der Waals surface area contributed by atoms with Gasteiger partial charge in [0.15, 0.2) is 0 Å². The quantitative estimate of drug-likeness (QED) is 0.922. The molecule has 3 nitrogen and oxygen atoms in total. The van der Waals surface area contributed by atoms with Crippen LogP contribution in [-0.4, -0.2) is 23.4 Å². The second-order valence-corrected chi connectivity index (χ2v) is 6.47. The number of hydrogen-bond donors (Lipinski definition) is 1. The second-order valence-electron chi connectivity index (χ2n) is 6.07. The van der Waals surface area contributed by atoms with Crippen LogP contribution in [0.4, 0.5) is 5.69 Å². The van der Waals surface area contributed by atoms with Crippen molar-refractivity contribution in [3.63, 3.8) is 0 Å². The van der Waals surface area contributed by atoms with Gasteiger partial charge in [-0.15, -0.1) is 0 Å². The molecule has 1 N–H and O–H groups in total. The smallest absolute Gasteiger partial charge is 0.241 e. The number of halogens is 1. The van der Waals surface area contributed by atoms with E-state index in [2.05, 4.69) is 34.5 Å². The summed E-state index contributed by atoms with van der Waals surface area (Å²) in [7, 11) is 0. The molecule has 1 heterocycles. The fourth-order valence-electron chi connectivity index (χ4n) is 2.99. The zero-order valence-corrected chi connectivity index (χ0v) is 14.2. The van der Waals surface area contributed by atoms with Crippen LogP contribution in [0.1, 0.15) is 23.6 Å². The molecule has 1 atom stereocenters. The van der Waals surface area contributed by atoms with Gasteiger partial charge in [0.1, 0.15) is 0 Å². The van der Waals surface area contributed by atoms with Gasteiger partial charge in [0.25, 0.3) is 0 Å². The summed E-state index contributed by atoms with van der Waals surface area (Å²) in [5.74, 6) is 0.00903. The molecule has 4 heteroatoms. The molecule has 2 aromatic carbocycles. The molecule has 0 saturated carbocycles. The SMILES string of the molecule is Cc1c(Cl)cccc1NC(=O)[C@H](C)N1CCc2ccccc2C1. The molecule has 2 aromatic rings. The molecule has 0 unspecified atom stereocenters. The van der Waals surface area contributed by atoms with Crippen molar-refractivity contribution in [2.24, 2.45) is 0 Å². The summed E-state index contributed by atoms with van der Waals surface area (Å²) in [4.78, 5) is 14.8. The third-order valence-electron chi connectivity index (χ3n) is 4.61. The number of rotatable bonds is 3. The van der Waals surface area contributed by atoms with Gasteiger partial charge in [-0.3, -0.25) is 9.69 Å². The maximum Gasteiger partial charge on any atom is 0.241 e. The number of benzene rings is 2. The maximum absolute atomic E-state index is 12.6. The largest absolute Gasteiger partial charge is 0.324 e. The lowest BCUT2D eigenvalue weighted by atomic mass is 9.98. The number of carbonyl (C=O) groups is 1. The zero-order chi connectivity index (χ0) is 16.4. The van der Waals surface area contributed by atoms with Gasteiger partial charge in [-0.25, -0.2) is 0 Å². The normalized spacial score (nSPS) is 15.8. The number of anilines is 1. The number of nitrogens with zero attached hydrogens (tertiary/aromatic N) is 1. The molecule has 120 valence electrons. The van der Waals surface area contributed by atoms with Crippen molar-refractivity contribution in [1.82, 2.24) is 4.90 Å². The molecular formula is C19H21ClN2O. The number of carbonyl (C=O) groups excluding carboxylic acids is 1.